The molecule has 0 aliphatic carbocycles. The van der Waals surface area contributed by atoms with Crippen LogP contribution >= 0.6 is 23.4 Å². The third-order valence-electron chi connectivity index (χ3n) is 4.22. The SMILES string of the molecule is O=C(CSc1ncc(CO)n1Cc1ccc(F)cc1)Nc1cc(C(F)(F)F)ccc1Cl. The molecule has 2 aromatic carbocycles. The smallest absolute Gasteiger partial charge is 0.390 e. The standard InChI is InChI=1S/C20H16ClF4N3O2S/c21-16-6-3-13(20(23,24)25)7-17(16)27-18(30)11-31-19-26-8-15(10-29)28(19)9-12-1-4-14(22)5-2-12/h1-8,29H,9-11H2,(H,27,30). The molecule has 0 spiro atoms. The molecule has 1 heterocycles. The molecule has 11 heteroatoms. The molecule has 0 bridgehead atoms. The first-order valence-electron chi connectivity index (χ1n) is 8.86. The summed E-state index contributed by atoms with van der Waals surface area (Å²) in [6.45, 7) is 0.000372. The number of thioether (sulfide) groups is 1. The van der Waals surface area contributed by atoms with Crippen molar-refractivity contribution in [1.29, 1.82) is 0 Å². The third kappa shape index (κ3) is 5.99. The molecule has 1 aromatic heterocycles. The fourth-order valence-corrected chi connectivity index (χ4v) is 3.65. The van der Waals surface area contributed by atoms with Crippen LogP contribution in [0.4, 0.5) is 23.2 Å². The number of rotatable bonds is 7. The van der Waals surface area contributed by atoms with Gasteiger partial charge in [0.15, 0.2) is 5.16 Å². The summed E-state index contributed by atoms with van der Waals surface area (Å²) < 4.78 is 53.4. The summed E-state index contributed by atoms with van der Waals surface area (Å²) in [5.74, 6) is -1.11. The lowest BCUT2D eigenvalue weighted by molar-refractivity contribution is -0.137. The van der Waals surface area contributed by atoms with Crippen LogP contribution in [0.3, 0.4) is 0 Å². The lowest BCUT2D eigenvalue weighted by Crippen LogP contribution is -2.16. The van der Waals surface area contributed by atoms with Crippen molar-refractivity contribution in [2.75, 3.05) is 11.1 Å². The Morgan fingerprint density at radius 2 is 1.90 bits per heavy atom. The fourth-order valence-electron chi connectivity index (χ4n) is 2.69. The number of aliphatic hydroxyl groups is 1. The first kappa shape index (κ1) is 23.1. The molecule has 164 valence electrons. The van der Waals surface area contributed by atoms with Gasteiger partial charge >= 0.3 is 6.18 Å². The molecule has 0 saturated heterocycles. The molecule has 0 fully saturated rings. The van der Waals surface area contributed by atoms with Crippen LogP contribution in [-0.2, 0) is 24.1 Å². The lowest BCUT2D eigenvalue weighted by Gasteiger charge is -2.12. The number of halogens is 5. The van der Waals surface area contributed by atoms with Crippen molar-refractivity contribution >= 4 is 35.0 Å². The molecule has 3 aromatic rings. The van der Waals surface area contributed by atoms with Crippen LogP contribution in [0.1, 0.15) is 16.8 Å². The number of amides is 1. The number of aliphatic hydroxyl groups excluding tert-OH is 1. The van der Waals surface area contributed by atoms with Crippen molar-refractivity contribution in [1.82, 2.24) is 9.55 Å². The quantitative estimate of drug-likeness (QED) is 0.376. The largest absolute Gasteiger partial charge is 0.416 e. The van der Waals surface area contributed by atoms with E-state index in [1.54, 1.807) is 16.7 Å². The number of carbonyl (C=O) groups is 1. The Hall–Kier alpha value is -2.56. The van der Waals surface area contributed by atoms with Crippen molar-refractivity contribution in [3.05, 3.63) is 76.3 Å². The molecule has 31 heavy (non-hydrogen) atoms. The van der Waals surface area contributed by atoms with E-state index in [0.717, 1.165) is 35.5 Å². The van der Waals surface area contributed by atoms with Gasteiger partial charge in [0.2, 0.25) is 5.91 Å². The number of imidazole rings is 1. The highest BCUT2D eigenvalue weighted by molar-refractivity contribution is 7.99. The molecular weight excluding hydrogens is 458 g/mol. The van der Waals surface area contributed by atoms with Gasteiger partial charge in [0, 0.05) is 6.54 Å². The zero-order valence-corrected chi connectivity index (χ0v) is 17.4. The number of nitrogens with zero attached hydrogens (tertiary/aromatic N) is 2. The van der Waals surface area contributed by atoms with E-state index >= 15 is 0 Å². The Kier molecular flexibility index (Phi) is 7.24. The van der Waals surface area contributed by atoms with Gasteiger partial charge in [-0.3, -0.25) is 4.79 Å². The van der Waals surface area contributed by atoms with Crippen molar-refractivity contribution in [3.63, 3.8) is 0 Å². The van der Waals surface area contributed by atoms with Gasteiger partial charge in [0.05, 0.1) is 40.5 Å². The summed E-state index contributed by atoms with van der Waals surface area (Å²) in [5, 5.41) is 12.3. The highest BCUT2D eigenvalue weighted by Gasteiger charge is 2.31. The van der Waals surface area contributed by atoms with Crippen molar-refractivity contribution < 1.29 is 27.5 Å². The number of aromatic nitrogens is 2. The van der Waals surface area contributed by atoms with Gasteiger partial charge in [0.25, 0.3) is 0 Å². The Labute approximate surface area is 184 Å². The highest BCUT2D eigenvalue weighted by atomic mass is 35.5. The molecule has 2 N–H and O–H groups in total. The molecule has 0 aliphatic rings. The molecule has 0 saturated carbocycles. The van der Waals surface area contributed by atoms with E-state index in [9.17, 15) is 27.5 Å². The number of alkyl halides is 3. The predicted octanol–water partition coefficient (Wildman–Crippen LogP) is 4.97. The van der Waals surface area contributed by atoms with Crippen molar-refractivity contribution in [2.45, 2.75) is 24.5 Å². The number of hydrogen-bond acceptors (Lipinski definition) is 4. The summed E-state index contributed by atoms with van der Waals surface area (Å²) in [6.07, 6.45) is -3.11. The maximum atomic E-state index is 13.1. The minimum Gasteiger partial charge on any atom is -0.390 e. The van der Waals surface area contributed by atoms with Gasteiger partial charge in [-0.1, -0.05) is 35.5 Å². The minimum atomic E-state index is -4.56. The summed E-state index contributed by atoms with van der Waals surface area (Å²) in [5.41, 5.74) is 0.180. The lowest BCUT2D eigenvalue weighted by atomic mass is 10.2. The Morgan fingerprint density at radius 1 is 1.19 bits per heavy atom. The number of carbonyl (C=O) groups excluding carboxylic acids is 1. The van der Waals surface area contributed by atoms with Gasteiger partial charge in [-0.15, -0.1) is 0 Å². The van der Waals surface area contributed by atoms with Crippen LogP contribution in [0, 0.1) is 5.82 Å². The van der Waals surface area contributed by atoms with Crippen LogP contribution < -0.4 is 5.32 Å². The van der Waals surface area contributed by atoms with Crippen LogP contribution in [0.5, 0.6) is 0 Å². The first-order valence-corrected chi connectivity index (χ1v) is 10.2. The zero-order chi connectivity index (χ0) is 22.6. The van der Waals surface area contributed by atoms with E-state index < -0.39 is 17.6 Å². The number of anilines is 1. The Balaban J connectivity index is 1.69. The molecule has 0 atom stereocenters. The molecule has 3 rings (SSSR count). The summed E-state index contributed by atoms with van der Waals surface area (Å²) in [4.78, 5) is 16.5. The third-order valence-corrected chi connectivity index (χ3v) is 5.54. The second-order valence-electron chi connectivity index (χ2n) is 6.43. The van der Waals surface area contributed by atoms with E-state index in [-0.39, 0.29) is 28.9 Å². The molecule has 1 amide bonds. The van der Waals surface area contributed by atoms with Crippen LogP contribution in [0.2, 0.25) is 5.02 Å². The maximum Gasteiger partial charge on any atom is 0.416 e. The zero-order valence-electron chi connectivity index (χ0n) is 15.8. The predicted molar refractivity (Wildman–Crippen MR) is 109 cm³/mol. The van der Waals surface area contributed by atoms with Gasteiger partial charge in [-0.05, 0) is 35.9 Å². The van der Waals surface area contributed by atoms with Crippen molar-refractivity contribution in [2.24, 2.45) is 0 Å². The van der Waals surface area contributed by atoms with E-state index in [1.165, 1.54) is 18.3 Å². The molecule has 0 unspecified atom stereocenters. The number of nitrogens with one attached hydrogen (secondary N) is 1. The Bertz CT molecular complexity index is 1070. The summed E-state index contributed by atoms with van der Waals surface area (Å²) in [7, 11) is 0. The summed E-state index contributed by atoms with van der Waals surface area (Å²) >= 11 is 6.93. The van der Waals surface area contributed by atoms with Gasteiger partial charge in [0.1, 0.15) is 5.82 Å². The number of hydrogen-bond donors (Lipinski definition) is 2. The van der Waals surface area contributed by atoms with Crippen molar-refractivity contribution in [3.8, 4) is 0 Å². The van der Waals surface area contributed by atoms with Crippen LogP contribution in [0.25, 0.3) is 0 Å². The molecular formula is C20H16ClF4N3O2S. The molecule has 0 aliphatic heterocycles. The molecule has 5 nitrogen and oxygen atoms in total. The second-order valence-corrected chi connectivity index (χ2v) is 7.78. The normalized spacial score (nSPS) is 11.5. The summed E-state index contributed by atoms with van der Waals surface area (Å²) in [6, 6.07) is 8.46. The van der Waals surface area contributed by atoms with Gasteiger partial charge in [-0.2, -0.15) is 13.2 Å². The maximum absolute atomic E-state index is 13.1. The van der Waals surface area contributed by atoms with E-state index in [2.05, 4.69) is 10.3 Å². The van der Waals surface area contributed by atoms with E-state index in [1.807, 2.05) is 0 Å². The number of benzene rings is 2. The Morgan fingerprint density at radius 3 is 2.55 bits per heavy atom. The molecule has 0 radical (unpaired) electrons. The van der Waals surface area contributed by atoms with E-state index in [4.69, 9.17) is 11.6 Å². The average Bonchev–Trinajstić information content (AvgIpc) is 3.10. The monoisotopic (exact) mass is 473 g/mol. The van der Waals surface area contributed by atoms with Gasteiger partial charge in [-0.25, -0.2) is 9.37 Å². The minimum absolute atomic E-state index is 0.0215. The van der Waals surface area contributed by atoms with Crippen LogP contribution in [-0.4, -0.2) is 26.3 Å². The second kappa shape index (κ2) is 9.71. The van der Waals surface area contributed by atoms with E-state index in [0.29, 0.717) is 17.4 Å². The van der Waals surface area contributed by atoms with Crippen LogP contribution in [0.15, 0.2) is 53.8 Å². The van der Waals surface area contributed by atoms with Gasteiger partial charge < -0.3 is 15.0 Å². The topological polar surface area (TPSA) is 67.1 Å². The fraction of sp³-hybridized carbons (Fsp3) is 0.200. The average molecular weight is 474 g/mol. The highest BCUT2D eigenvalue weighted by Crippen LogP contribution is 2.34. The first-order chi connectivity index (χ1) is 14.7.